The number of hydrogen-bond acceptors (Lipinski definition) is 6. The Morgan fingerprint density at radius 3 is 2.50 bits per heavy atom. The second kappa shape index (κ2) is 8.70. The maximum absolute atomic E-state index is 12.8. The summed E-state index contributed by atoms with van der Waals surface area (Å²) < 4.78 is 25.5. The molecule has 2 aromatic rings. The molecular formula is C18H23N5O4S. The topological polar surface area (TPSA) is 120 Å². The summed E-state index contributed by atoms with van der Waals surface area (Å²) in [7, 11) is 0.104. The Bertz CT molecular complexity index is 989. The Kier molecular flexibility index (Phi) is 6.57. The van der Waals surface area contributed by atoms with Crippen molar-refractivity contribution < 1.29 is 18.0 Å². The number of pyridine rings is 1. The van der Waals surface area contributed by atoms with Crippen LogP contribution in [0, 0.1) is 0 Å². The van der Waals surface area contributed by atoms with E-state index < -0.39 is 15.9 Å². The predicted molar refractivity (Wildman–Crippen MR) is 109 cm³/mol. The fourth-order valence-corrected chi connectivity index (χ4v) is 3.12. The first kappa shape index (κ1) is 21.2. The zero-order valence-electron chi connectivity index (χ0n) is 16.1. The molecule has 0 unspecified atom stereocenters. The van der Waals surface area contributed by atoms with Crippen LogP contribution in [0.25, 0.3) is 0 Å². The smallest absolute Gasteiger partial charge is 0.253 e. The van der Waals surface area contributed by atoms with Gasteiger partial charge in [0.2, 0.25) is 15.9 Å². The minimum atomic E-state index is -3.59. The van der Waals surface area contributed by atoms with E-state index in [2.05, 4.69) is 20.3 Å². The molecule has 0 saturated heterocycles. The first-order valence-corrected chi connectivity index (χ1v) is 10.2. The largest absolute Gasteiger partial charge is 0.362 e. The number of sulfonamides is 1. The van der Waals surface area contributed by atoms with Crippen LogP contribution in [0.4, 0.5) is 17.2 Å². The zero-order chi connectivity index (χ0) is 20.9. The maximum atomic E-state index is 12.8. The highest BCUT2D eigenvalue weighted by molar-refractivity contribution is 7.92. The minimum Gasteiger partial charge on any atom is -0.362 e. The van der Waals surface area contributed by atoms with Gasteiger partial charge in [-0.05, 0) is 24.3 Å². The number of nitrogens with zero attached hydrogens (tertiary/aromatic N) is 2. The molecule has 0 atom stereocenters. The average molecular weight is 405 g/mol. The first-order valence-electron chi connectivity index (χ1n) is 8.35. The normalized spacial score (nSPS) is 10.9. The summed E-state index contributed by atoms with van der Waals surface area (Å²) in [6, 6.07) is 7.96. The Hall–Kier alpha value is -3.14. The molecule has 1 heterocycles. The monoisotopic (exact) mass is 405 g/mol. The number of carbonyl (C=O) groups is 2. The minimum absolute atomic E-state index is 0.0898. The summed E-state index contributed by atoms with van der Waals surface area (Å²) >= 11 is 0. The highest BCUT2D eigenvalue weighted by Gasteiger charge is 2.16. The van der Waals surface area contributed by atoms with Crippen molar-refractivity contribution in [3.05, 3.63) is 47.7 Å². The van der Waals surface area contributed by atoms with E-state index in [0.717, 1.165) is 11.8 Å². The summed E-state index contributed by atoms with van der Waals surface area (Å²) in [5.41, 5.74) is 1.39. The molecule has 0 aliphatic heterocycles. The standard InChI is InChI=1S/C18H23N5O4S/c1-12(24)21-14-7-8-16(22-28(4,26)27)15(10-14)18(25)20-11-13-6-5-9-19-17(13)23(2)3/h5-10,22H,11H2,1-4H3,(H,20,25)(H,21,24). The van der Waals surface area contributed by atoms with Gasteiger partial charge in [-0.2, -0.15) is 0 Å². The molecule has 10 heteroatoms. The molecule has 0 aliphatic rings. The molecule has 0 fully saturated rings. The lowest BCUT2D eigenvalue weighted by atomic mass is 10.1. The van der Waals surface area contributed by atoms with Crippen molar-refractivity contribution in [1.82, 2.24) is 10.3 Å². The van der Waals surface area contributed by atoms with Crippen molar-refractivity contribution in [2.24, 2.45) is 0 Å². The lowest BCUT2D eigenvalue weighted by Crippen LogP contribution is -2.26. The van der Waals surface area contributed by atoms with Gasteiger partial charge in [-0.3, -0.25) is 14.3 Å². The number of anilines is 3. The molecule has 0 bridgehead atoms. The van der Waals surface area contributed by atoms with Gasteiger partial charge >= 0.3 is 0 Å². The van der Waals surface area contributed by atoms with Crippen LogP contribution in [-0.2, 0) is 21.4 Å². The van der Waals surface area contributed by atoms with Crippen molar-refractivity contribution in [1.29, 1.82) is 0 Å². The van der Waals surface area contributed by atoms with E-state index in [1.54, 1.807) is 12.3 Å². The van der Waals surface area contributed by atoms with Crippen LogP contribution < -0.4 is 20.3 Å². The molecule has 9 nitrogen and oxygen atoms in total. The van der Waals surface area contributed by atoms with E-state index in [0.29, 0.717) is 11.5 Å². The summed E-state index contributed by atoms with van der Waals surface area (Å²) in [4.78, 5) is 30.1. The molecule has 2 rings (SSSR count). The van der Waals surface area contributed by atoms with Gasteiger partial charge < -0.3 is 15.5 Å². The number of rotatable bonds is 7. The van der Waals surface area contributed by atoms with Gasteiger partial charge in [-0.1, -0.05) is 6.07 Å². The molecule has 150 valence electrons. The predicted octanol–water partition coefficient (Wildman–Crippen LogP) is 1.41. The van der Waals surface area contributed by atoms with Crippen LogP contribution in [0.3, 0.4) is 0 Å². The molecule has 0 radical (unpaired) electrons. The van der Waals surface area contributed by atoms with Crippen LogP contribution in [0.15, 0.2) is 36.5 Å². The first-order chi connectivity index (χ1) is 13.1. The van der Waals surface area contributed by atoms with Crippen LogP contribution in [-0.4, -0.2) is 45.6 Å². The maximum Gasteiger partial charge on any atom is 0.253 e. The second-order valence-corrected chi connectivity index (χ2v) is 8.13. The third-order valence-corrected chi connectivity index (χ3v) is 4.20. The van der Waals surface area contributed by atoms with E-state index in [9.17, 15) is 18.0 Å². The van der Waals surface area contributed by atoms with Crippen LogP contribution in [0.5, 0.6) is 0 Å². The van der Waals surface area contributed by atoms with E-state index in [1.165, 1.54) is 25.1 Å². The van der Waals surface area contributed by atoms with E-state index >= 15 is 0 Å². The number of nitrogens with one attached hydrogen (secondary N) is 3. The number of carbonyl (C=O) groups excluding carboxylic acids is 2. The fourth-order valence-electron chi connectivity index (χ4n) is 2.54. The Labute approximate surface area is 164 Å². The molecule has 0 saturated carbocycles. The quantitative estimate of drug-likeness (QED) is 0.640. The van der Waals surface area contributed by atoms with Gasteiger partial charge in [0, 0.05) is 45.0 Å². The lowest BCUT2D eigenvalue weighted by molar-refractivity contribution is -0.114. The molecule has 3 N–H and O–H groups in total. The van der Waals surface area contributed by atoms with Crippen molar-refractivity contribution in [3.8, 4) is 0 Å². The number of hydrogen-bond donors (Lipinski definition) is 3. The van der Waals surface area contributed by atoms with Crippen molar-refractivity contribution in [2.45, 2.75) is 13.5 Å². The molecule has 1 aromatic carbocycles. The number of amides is 2. The summed E-state index contributed by atoms with van der Waals surface area (Å²) in [5, 5.41) is 5.34. The molecule has 1 aromatic heterocycles. The van der Waals surface area contributed by atoms with Crippen LogP contribution in [0.2, 0.25) is 0 Å². The number of aromatic nitrogens is 1. The van der Waals surface area contributed by atoms with E-state index in [4.69, 9.17) is 0 Å². The van der Waals surface area contributed by atoms with Crippen molar-refractivity contribution in [2.75, 3.05) is 35.3 Å². The lowest BCUT2D eigenvalue weighted by Gasteiger charge is -2.17. The molecule has 0 aliphatic carbocycles. The highest BCUT2D eigenvalue weighted by atomic mass is 32.2. The van der Waals surface area contributed by atoms with Gasteiger partial charge in [0.15, 0.2) is 0 Å². The number of benzene rings is 1. The van der Waals surface area contributed by atoms with Gasteiger partial charge in [0.25, 0.3) is 5.91 Å². The van der Waals surface area contributed by atoms with Gasteiger partial charge in [-0.15, -0.1) is 0 Å². The highest BCUT2D eigenvalue weighted by Crippen LogP contribution is 2.22. The van der Waals surface area contributed by atoms with Crippen LogP contribution >= 0.6 is 0 Å². The average Bonchev–Trinajstić information content (AvgIpc) is 2.59. The van der Waals surface area contributed by atoms with Crippen LogP contribution in [0.1, 0.15) is 22.8 Å². The summed E-state index contributed by atoms with van der Waals surface area (Å²) in [6.07, 6.45) is 2.65. The molecule has 2 amide bonds. The fraction of sp³-hybridized carbons (Fsp3) is 0.278. The summed E-state index contributed by atoms with van der Waals surface area (Å²) in [6.45, 7) is 1.54. The van der Waals surface area contributed by atoms with E-state index in [-0.39, 0.29) is 23.7 Å². The van der Waals surface area contributed by atoms with Gasteiger partial charge in [-0.25, -0.2) is 13.4 Å². The molecule has 0 spiro atoms. The third kappa shape index (κ3) is 5.95. The van der Waals surface area contributed by atoms with Crippen molar-refractivity contribution >= 4 is 39.0 Å². The van der Waals surface area contributed by atoms with E-state index in [1.807, 2.05) is 25.1 Å². The molecular weight excluding hydrogens is 382 g/mol. The second-order valence-electron chi connectivity index (χ2n) is 6.38. The van der Waals surface area contributed by atoms with Gasteiger partial charge in [0.1, 0.15) is 5.82 Å². The SMILES string of the molecule is CC(=O)Nc1ccc(NS(C)(=O)=O)c(C(=O)NCc2cccnc2N(C)C)c1. The Morgan fingerprint density at radius 1 is 1.18 bits per heavy atom. The third-order valence-electron chi connectivity index (χ3n) is 3.61. The zero-order valence-corrected chi connectivity index (χ0v) is 16.9. The Balaban J connectivity index is 2.30. The summed E-state index contributed by atoms with van der Waals surface area (Å²) in [5.74, 6) is -0.0858. The van der Waals surface area contributed by atoms with Gasteiger partial charge in [0.05, 0.1) is 17.5 Å². The Morgan fingerprint density at radius 2 is 1.89 bits per heavy atom. The molecule has 28 heavy (non-hydrogen) atoms. The van der Waals surface area contributed by atoms with Crippen molar-refractivity contribution in [3.63, 3.8) is 0 Å².